The second kappa shape index (κ2) is 7.71. The molecule has 3 aromatic rings. The molecule has 0 aliphatic heterocycles. The Labute approximate surface area is 159 Å². The van der Waals surface area contributed by atoms with Gasteiger partial charge >= 0.3 is 6.36 Å². The molecule has 146 valence electrons. The molecule has 9 heteroatoms. The highest BCUT2D eigenvalue weighted by Crippen LogP contribution is 2.26. The highest BCUT2D eigenvalue weighted by molar-refractivity contribution is 5.96. The summed E-state index contributed by atoms with van der Waals surface area (Å²) in [6.45, 7) is 1.92. The molecule has 0 radical (unpaired) electrons. The van der Waals surface area contributed by atoms with Gasteiger partial charge in [0.05, 0.1) is 23.5 Å². The van der Waals surface area contributed by atoms with Crippen LogP contribution < -0.4 is 10.1 Å². The molecule has 0 fully saturated rings. The van der Waals surface area contributed by atoms with E-state index in [9.17, 15) is 18.0 Å². The summed E-state index contributed by atoms with van der Waals surface area (Å²) in [6.07, 6.45) is -3.19. The number of carbonyl (C=O) groups excluding carboxylic acids is 1. The largest absolute Gasteiger partial charge is 0.573 e. The molecule has 1 amide bonds. The van der Waals surface area contributed by atoms with Crippen molar-refractivity contribution in [2.75, 3.05) is 0 Å². The minimum absolute atomic E-state index is 0.0480. The molecule has 0 bridgehead atoms. The van der Waals surface area contributed by atoms with E-state index < -0.39 is 18.0 Å². The maximum absolute atomic E-state index is 12.5. The Morgan fingerprint density at radius 2 is 1.96 bits per heavy atom. The lowest BCUT2D eigenvalue weighted by Gasteiger charge is -2.12. The first-order valence-corrected chi connectivity index (χ1v) is 8.32. The molecule has 0 aliphatic rings. The summed E-state index contributed by atoms with van der Waals surface area (Å²) < 4.78 is 43.1. The summed E-state index contributed by atoms with van der Waals surface area (Å²) >= 11 is 0. The minimum Gasteiger partial charge on any atom is -0.405 e. The summed E-state index contributed by atoms with van der Waals surface area (Å²) in [5.74, 6) is -1.25. The Morgan fingerprint density at radius 3 is 2.68 bits per heavy atom. The maximum Gasteiger partial charge on any atom is 0.573 e. The van der Waals surface area contributed by atoms with E-state index in [1.165, 1.54) is 18.2 Å². The third-order valence-corrected chi connectivity index (χ3v) is 4.00. The predicted octanol–water partition coefficient (Wildman–Crippen LogP) is 3.62. The molecule has 0 aliphatic carbocycles. The number of ether oxygens (including phenoxy) is 1. The van der Waals surface area contributed by atoms with Crippen LogP contribution in [0.4, 0.5) is 13.2 Å². The quantitative estimate of drug-likeness (QED) is 0.723. The minimum atomic E-state index is -4.88. The van der Waals surface area contributed by atoms with Crippen LogP contribution in [-0.2, 0) is 13.6 Å². The summed E-state index contributed by atoms with van der Waals surface area (Å²) in [4.78, 5) is 16.6. The number of nitrogens with one attached hydrogen (secondary N) is 1. The van der Waals surface area contributed by atoms with Crippen molar-refractivity contribution in [2.45, 2.75) is 19.8 Å². The number of para-hydroxylation sites is 1. The smallest absolute Gasteiger partial charge is 0.405 e. The molecule has 3 rings (SSSR count). The van der Waals surface area contributed by atoms with Crippen molar-refractivity contribution in [1.82, 2.24) is 20.1 Å². The van der Waals surface area contributed by atoms with E-state index in [1.807, 2.05) is 19.1 Å². The van der Waals surface area contributed by atoms with Gasteiger partial charge in [-0.3, -0.25) is 14.5 Å². The van der Waals surface area contributed by atoms with Gasteiger partial charge in [-0.1, -0.05) is 12.1 Å². The number of benzene rings is 1. The average molecular weight is 390 g/mol. The molecule has 0 saturated carbocycles. The highest BCUT2D eigenvalue weighted by atomic mass is 19.4. The summed E-state index contributed by atoms with van der Waals surface area (Å²) in [7, 11) is 1.76. The van der Waals surface area contributed by atoms with Crippen LogP contribution >= 0.6 is 0 Å². The Balaban J connectivity index is 1.75. The molecule has 0 unspecified atom stereocenters. The number of aryl methyl sites for hydroxylation is 2. The van der Waals surface area contributed by atoms with Crippen LogP contribution in [0.15, 0.2) is 48.7 Å². The van der Waals surface area contributed by atoms with Crippen LogP contribution in [0.1, 0.15) is 21.7 Å². The summed E-state index contributed by atoms with van der Waals surface area (Å²) in [5, 5.41) is 6.91. The lowest BCUT2D eigenvalue weighted by Crippen LogP contribution is -2.25. The highest BCUT2D eigenvalue weighted by Gasteiger charge is 2.32. The van der Waals surface area contributed by atoms with Crippen molar-refractivity contribution in [1.29, 1.82) is 0 Å². The van der Waals surface area contributed by atoms with Crippen LogP contribution in [-0.4, -0.2) is 27.0 Å². The fraction of sp³-hybridized carbons (Fsp3) is 0.211. The number of rotatable bonds is 5. The molecular formula is C19H17F3N4O2. The molecule has 6 nitrogen and oxygen atoms in total. The van der Waals surface area contributed by atoms with E-state index in [1.54, 1.807) is 24.0 Å². The third-order valence-electron chi connectivity index (χ3n) is 4.00. The topological polar surface area (TPSA) is 69.0 Å². The Bertz CT molecular complexity index is 999. The molecule has 1 N–H and O–H groups in total. The Kier molecular flexibility index (Phi) is 5.34. The zero-order valence-corrected chi connectivity index (χ0v) is 15.1. The molecule has 2 heterocycles. The van der Waals surface area contributed by atoms with Gasteiger partial charge in [0.25, 0.3) is 5.91 Å². The lowest BCUT2D eigenvalue weighted by molar-refractivity contribution is -0.274. The van der Waals surface area contributed by atoms with Gasteiger partial charge in [0.15, 0.2) is 0 Å². The van der Waals surface area contributed by atoms with Crippen molar-refractivity contribution in [3.8, 4) is 17.0 Å². The van der Waals surface area contributed by atoms with Crippen molar-refractivity contribution in [3.63, 3.8) is 0 Å². The zero-order chi connectivity index (χ0) is 20.3. The second-order valence-corrected chi connectivity index (χ2v) is 6.01. The number of hydrogen-bond acceptors (Lipinski definition) is 4. The number of hydrogen-bond donors (Lipinski definition) is 1. The molecule has 1 aromatic carbocycles. The normalized spacial score (nSPS) is 11.3. The van der Waals surface area contributed by atoms with E-state index in [0.717, 1.165) is 23.0 Å². The molecule has 0 saturated heterocycles. The van der Waals surface area contributed by atoms with E-state index in [2.05, 4.69) is 20.1 Å². The monoisotopic (exact) mass is 390 g/mol. The standard InChI is InChI=1S/C19H17F3N4O2/c1-12-14(7-5-9-23-12)16-10-13(25-26(16)2)11-24-18(27)15-6-3-4-8-17(15)28-19(20,21)22/h3-10H,11H2,1-2H3,(H,24,27). The number of halogens is 3. The number of aromatic nitrogens is 3. The first-order chi connectivity index (χ1) is 13.2. The molecule has 2 aromatic heterocycles. The summed E-state index contributed by atoms with van der Waals surface area (Å²) in [5.41, 5.74) is 2.90. The van der Waals surface area contributed by atoms with Gasteiger partial charge in [-0.25, -0.2) is 0 Å². The fourth-order valence-corrected chi connectivity index (χ4v) is 2.75. The second-order valence-electron chi connectivity index (χ2n) is 6.01. The van der Waals surface area contributed by atoms with E-state index in [-0.39, 0.29) is 12.1 Å². The van der Waals surface area contributed by atoms with Gasteiger partial charge in [-0.05, 0) is 37.3 Å². The number of alkyl halides is 3. The van der Waals surface area contributed by atoms with Crippen LogP contribution in [0.3, 0.4) is 0 Å². The number of amides is 1. The molecule has 28 heavy (non-hydrogen) atoms. The maximum atomic E-state index is 12.5. The Hall–Kier alpha value is -3.36. The zero-order valence-electron chi connectivity index (χ0n) is 15.1. The Morgan fingerprint density at radius 1 is 1.21 bits per heavy atom. The van der Waals surface area contributed by atoms with Gasteiger partial charge in [0.1, 0.15) is 5.75 Å². The van der Waals surface area contributed by atoms with Crippen molar-refractivity contribution in [3.05, 3.63) is 65.6 Å². The number of nitrogens with zero attached hydrogens (tertiary/aromatic N) is 3. The number of pyridine rings is 1. The van der Waals surface area contributed by atoms with Gasteiger partial charge in [-0.15, -0.1) is 13.2 Å². The van der Waals surface area contributed by atoms with Crippen LogP contribution in [0.25, 0.3) is 11.3 Å². The van der Waals surface area contributed by atoms with E-state index in [4.69, 9.17) is 0 Å². The van der Waals surface area contributed by atoms with Crippen LogP contribution in [0.5, 0.6) is 5.75 Å². The predicted molar refractivity (Wildman–Crippen MR) is 95.5 cm³/mol. The van der Waals surface area contributed by atoms with Crippen LogP contribution in [0, 0.1) is 6.92 Å². The summed E-state index contributed by atoms with van der Waals surface area (Å²) in [6, 6.07) is 10.7. The fourth-order valence-electron chi connectivity index (χ4n) is 2.75. The van der Waals surface area contributed by atoms with Crippen molar-refractivity contribution >= 4 is 5.91 Å². The third kappa shape index (κ3) is 4.48. The molecule has 0 atom stereocenters. The van der Waals surface area contributed by atoms with Crippen molar-refractivity contribution < 1.29 is 22.7 Å². The van der Waals surface area contributed by atoms with Gasteiger partial charge in [0.2, 0.25) is 0 Å². The average Bonchev–Trinajstić information content (AvgIpc) is 3.00. The SMILES string of the molecule is Cc1ncccc1-c1cc(CNC(=O)c2ccccc2OC(F)(F)F)nn1C. The first-order valence-electron chi connectivity index (χ1n) is 8.32. The van der Waals surface area contributed by atoms with Gasteiger partial charge < -0.3 is 10.1 Å². The van der Waals surface area contributed by atoms with Crippen LogP contribution in [0.2, 0.25) is 0 Å². The number of carbonyl (C=O) groups is 1. The van der Waals surface area contributed by atoms with Gasteiger partial charge in [-0.2, -0.15) is 5.10 Å². The van der Waals surface area contributed by atoms with Crippen molar-refractivity contribution in [2.24, 2.45) is 7.05 Å². The molecular weight excluding hydrogens is 373 g/mol. The van der Waals surface area contributed by atoms with Gasteiger partial charge in [0, 0.05) is 24.5 Å². The lowest BCUT2D eigenvalue weighted by atomic mass is 10.1. The van der Waals surface area contributed by atoms with E-state index in [0.29, 0.717) is 5.69 Å². The first kappa shape index (κ1) is 19.4. The molecule has 0 spiro atoms. The van der Waals surface area contributed by atoms with E-state index >= 15 is 0 Å².